The Morgan fingerprint density at radius 1 is 1.23 bits per heavy atom. The first kappa shape index (κ1) is 11.4. The van der Waals surface area contributed by atoms with Crippen LogP contribution in [-0.4, -0.2) is 25.4 Å². The average molecular weight is 177 g/mol. The molecule has 0 atom stereocenters. The molecule has 1 rings (SSSR count). The predicted molar refractivity (Wildman–Crippen MR) is 56.3 cm³/mol. The van der Waals surface area contributed by atoms with Crippen molar-refractivity contribution in [2.75, 3.05) is 14.1 Å². The highest BCUT2D eigenvalue weighted by molar-refractivity contribution is 5.45. The maximum atomic E-state index is 9.43. The van der Waals surface area contributed by atoms with Gasteiger partial charge in [-0.2, -0.15) is 0 Å². The number of hydrogen-bond donors (Lipinski definition) is 0. The van der Waals surface area contributed by atoms with E-state index in [9.17, 15) is 4.79 Å². The number of benzene rings is 1. The fourth-order valence-corrected chi connectivity index (χ4v) is 0.589. The Morgan fingerprint density at radius 2 is 1.69 bits per heavy atom. The van der Waals surface area contributed by atoms with Gasteiger partial charge in [-0.25, -0.2) is 0 Å². The van der Waals surface area contributed by atoms with E-state index < -0.39 is 0 Å². The van der Waals surface area contributed by atoms with Crippen molar-refractivity contribution in [1.82, 2.24) is 4.90 Å². The van der Waals surface area contributed by atoms with Gasteiger partial charge in [0.05, 0.1) is 0 Å². The number of nitrogens with zero attached hydrogens (tertiary/aromatic N) is 1. The quantitative estimate of drug-likeness (QED) is 0.633. The van der Waals surface area contributed by atoms with Crippen LogP contribution in [0.1, 0.15) is 5.56 Å². The number of hydrogen-bond acceptors (Lipinski definition) is 1. The van der Waals surface area contributed by atoms with E-state index >= 15 is 0 Å². The summed E-state index contributed by atoms with van der Waals surface area (Å²) >= 11 is 0. The van der Waals surface area contributed by atoms with Gasteiger partial charge in [-0.3, -0.25) is 4.79 Å². The van der Waals surface area contributed by atoms with E-state index in [-0.39, 0.29) is 0 Å². The Bertz CT molecular complexity index is 242. The first-order valence-electron chi connectivity index (χ1n) is 4.00. The van der Waals surface area contributed by atoms with E-state index in [2.05, 4.69) is 6.58 Å². The number of carbonyl (C=O) groups is 1. The molecule has 1 aromatic carbocycles. The lowest BCUT2D eigenvalue weighted by Crippen LogP contribution is -2.06. The second-order valence-electron chi connectivity index (χ2n) is 2.68. The summed E-state index contributed by atoms with van der Waals surface area (Å²) in [6.45, 7) is 3.63. The molecule has 0 saturated heterocycles. The Morgan fingerprint density at radius 3 is 1.92 bits per heavy atom. The van der Waals surface area contributed by atoms with Crippen molar-refractivity contribution >= 4 is 12.5 Å². The van der Waals surface area contributed by atoms with Crippen LogP contribution in [0.15, 0.2) is 36.9 Å². The predicted octanol–water partition coefficient (Wildman–Crippen LogP) is 2.03. The Hall–Kier alpha value is -1.57. The van der Waals surface area contributed by atoms with Gasteiger partial charge in [-0.1, -0.05) is 43.0 Å². The van der Waals surface area contributed by atoms with Crippen LogP contribution in [0.3, 0.4) is 0 Å². The van der Waals surface area contributed by atoms with Crippen molar-refractivity contribution in [2.45, 2.75) is 0 Å². The normalized spacial score (nSPS) is 7.85. The second kappa shape index (κ2) is 7.10. The minimum atomic E-state index is 0.750. The number of amides is 1. The number of rotatable bonds is 2. The highest BCUT2D eigenvalue weighted by Gasteiger charge is 1.75. The van der Waals surface area contributed by atoms with Crippen LogP contribution in [0.4, 0.5) is 0 Å². The Balaban J connectivity index is 0.000000252. The third-order valence-electron chi connectivity index (χ3n) is 1.25. The molecule has 0 heterocycles. The van der Waals surface area contributed by atoms with Gasteiger partial charge in [0.15, 0.2) is 0 Å². The molecule has 0 unspecified atom stereocenters. The lowest BCUT2D eigenvalue weighted by Gasteiger charge is -1.93. The van der Waals surface area contributed by atoms with E-state index in [1.54, 1.807) is 14.1 Å². The molecule has 0 radical (unpaired) electrons. The van der Waals surface area contributed by atoms with Crippen molar-refractivity contribution in [3.8, 4) is 0 Å². The summed E-state index contributed by atoms with van der Waals surface area (Å²) in [5.74, 6) is 0. The number of carbonyl (C=O) groups excluding carboxylic acids is 1. The van der Waals surface area contributed by atoms with Crippen molar-refractivity contribution < 1.29 is 4.79 Å². The molecule has 13 heavy (non-hydrogen) atoms. The zero-order valence-corrected chi connectivity index (χ0v) is 8.10. The van der Waals surface area contributed by atoms with E-state index in [1.165, 1.54) is 10.5 Å². The Labute approximate surface area is 79.5 Å². The monoisotopic (exact) mass is 177 g/mol. The summed E-state index contributed by atoms with van der Waals surface area (Å²) in [4.78, 5) is 10.9. The molecule has 2 heteroatoms. The van der Waals surface area contributed by atoms with Gasteiger partial charge >= 0.3 is 0 Å². The van der Waals surface area contributed by atoms with E-state index in [0.29, 0.717) is 0 Å². The van der Waals surface area contributed by atoms with Crippen LogP contribution >= 0.6 is 0 Å². The molecule has 0 aliphatic rings. The zero-order chi connectivity index (χ0) is 10.1. The smallest absolute Gasteiger partial charge is 0.209 e. The van der Waals surface area contributed by atoms with Crippen molar-refractivity contribution in [1.29, 1.82) is 0 Å². The fourth-order valence-electron chi connectivity index (χ4n) is 0.589. The lowest BCUT2D eigenvalue weighted by molar-refractivity contribution is -0.115. The first-order chi connectivity index (χ1) is 6.20. The molecule has 0 bridgehead atoms. The zero-order valence-electron chi connectivity index (χ0n) is 8.10. The SMILES string of the molecule is C=Cc1ccccc1.CN(C)C=O. The molecular weight excluding hydrogens is 162 g/mol. The first-order valence-corrected chi connectivity index (χ1v) is 4.00. The summed E-state index contributed by atoms with van der Waals surface area (Å²) in [7, 11) is 3.38. The van der Waals surface area contributed by atoms with Crippen LogP contribution < -0.4 is 0 Å². The van der Waals surface area contributed by atoms with Gasteiger partial charge in [-0.05, 0) is 5.56 Å². The van der Waals surface area contributed by atoms with Crippen molar-refractivity contribution in [3.05, 3.63) is 42.5 Å². The summed E-state index contributed by atoms with van der Waals surface area (Å²) < 4.78 is 0. The summed E-state index contributed by atoms with van der Waals surface area (Å²) in [5.41, 5.74) is 1.17. The van der Waals surface area contributed by atoms with Crippen LogP contribution in [-0.2, 0) is 4.79 Å². The molecule has 2 nitrogen and oxygen atoms in total. The highest BCUT2D eigenvalue weighted by atomic mass is 16.1. The molecular formula is C11H15NO. The van der Waals surface area contributed by atoms with Gasteiger partial charge in [-0.15, -0.1) is 0 Å². The van der Waals surface area contributed by atoms with E-state index in [4.69, 9.17) is 0 Å². The van der Waals surface area contributed by atoms with Gasteiger partial charge in [0.25, 0.3) is 0 Å². The third kappa shape index (κ3) is 6.81. The van der Waals surface area contributed by atoms with Gasteiger partial charge in [0.2, 0.25) is 6.41 Å². The molecule has 70 valence electrons. The summed E-state index contributed by atoms with van der Waals surface area (Å²) in [6, 6.07) is 10.0. The molecule has 0 aromatic heterocycles. The van der Waals surface area contributed by atoms with E-state index in [0.717, 1.165) is 6.41 Å². The summed E-state index contributed by atoms with van der Waals surface area (Å²) in [6.07, 6.45) is 2.58. The Kier molecular flexibility index (Phi) is 6.24. The standard InChI is InChI=1S/C8H8.C3H7NO/c1-2-8-6-4-3-5-7-8;1-4(2)3-5/h2-7H,1H2;3H,1-2H3. The average Bonchev–Trinajstić information content (AvgIpc) is 2.20. The maximum absolute atomic E-state index is 9.43. The molecule has 0 aliphatic heterocycles. The molecule has 1 aromatic rings. The molecule has 0 N–H and O–H groups in total. The van der Waals surface area contributed by atoms with Crippen LogP contribution in [0.25, 0.3) is 6.08 Å². The minimum Gasteiger partial charge on any atom is -0.351 e. The molecule has 0 saturated carbocycles. The summed E-state index contributed by atoms with van der Waals surface area (Å²) in [5, 5.41) is 0. The van der Waals surface area contributed by atoms with Crippen LogP contribution in [0.2, 0.25) is 0 Å². The molecule has 0 fully saturated rings. The van der Waals surface area contributed by atoms with Crippen molar-refractivity contribution in [2.24, 2.45) is 0 Å². The van der Waals surface area contributed by atoms with Gasteiger partial charge < -0.3 is 4.90 Å². The maximum Gasteiger partial charge on any atom is 0.209 e. The molecule has 0 spiro atoms. The highest BCUT2D eigenvalue weighted by Crippen LogP contribution is 1.97. The topological polar surface area (TPSA) is 20.3 Å². The lowest BCUT2D eigenvalue weighted by atomic mass is 10.2. The molecule has 0 aliphatic carbocycles. The van der Waals surface area contributed by atoms with Gasteiger partial charge in [0.1, 0.15) is 0 Å². The third-order valence-corrected chi connectivity index (χ3v) is 1.25. The van der Waals surface area contributed by atoms with Crippen LogP contribution in [0.5, 0.6) is 0 Å². The van der Waals surface area contributed by atoms with Crippen molar-refractivity contribution in [3.63, 3.8) is 0 Å². The molecule has 1 amide bonds. The van der Waals surface area contributed by atoms with E-state index in [1.807, 2.05) is 36.4 Å². The fraction of sp³-hybridized carbons (Fsp3) is 0.182. The van der Waals surface area contributed by atoms with Gasteiger partial charge in [0, 0.05) is 14.1 Å². The largest absolute Gasteiger partial charge is 0.351 e. The second-order valence-corrected chi connectivity index (χ2v) is 2.68. The van der Waals surface area contributed by atoms with Crippen LogP contribution in [0, 0.1) is 0 Å². The minimum absolute atomic E-state index is 0.750.